The molecule has 0 fully saturated rings. The third kappa shape index (κ3) is 3.07. The van der Waals surface area contributed by atoms with Crippen molar-refractivity contribution >= 4 is 53.4 Å². The molecule has 138 valence electrons. The van der Waals surface area contributed by atoms with E-state index in [1.54, 1.807) is 25.4 Å². The lowest BCUT2D eigenvalue weighted by Gasteiger charge is -2.09. The van der Waals surface area contributed by atoms with Crippen molar-refractivity contribution in [2.75, 3.05) is 25.6 Å². The van der Waals surface area contributed by atoms with E-state index >= 15 is 0 Å². The number of ether oxygens (including phenoxy) is 1. The molecule has 0 saturated carbocycles. The highest BCUT2D eigenvalue weighted by atomic mass is 79.9. The number of pyridine rings is 1. The number of rotatable bonds is 5. The van der Waals surface area contributed by atoms with Gasteiger partial charge in [-0.2, -0.15) is 0 Å². The van der Waals surface area contributed by atoms with Crippen LogP contribution in [0.3, 0.4) is 0 Å². The predicted octanol–water partition coefficient (Wildman–Crippen LogP) is 3.17. The van der Waals surface area contributed by atoms with Gasteiger partial charge >= 0.3 is 0 Å². The molecular formula is C18H15BrN4O3S. The van der Waals surface area contributed by atoms with Gasteiger partial charge in [0.25, 0.3) is 5.56 Å². The summed E-state index contributed by atoms with van der Waals surface area (Å²) in [5.74, 6) is 0.719. The number of aliphatic hydroxyl groups excluding tert-OH is 1. The first-order valence-electron chi connectivity index (χ1n) is 8.11. The monoisotopic (exact) mass is 446 g/mol. The van der Waals surface area contributed by atoms with Gasteiger partial charge in [0.1, 0.15) is 27.1 Å². The van der Waals surface area contributed by atoms with Crippen molar-refractivity contribution in [2.45, 2.75) is 0 Å². The fraction of sp³-hybridized carbons (Fsp3) is 0.167. The number of hydrogen-bond donors (Lipinski definition) is 2. The van der Waals surface area contributed by atoms with Crippen LogP contribution < -0.4 is 15.6 Å². The Bertz CT molecular complexity index is 1190. The van der Waals surface area contributed by atoms with Crippen molar-refractivity contribution in [1.29, 1.82) is 0 Å². The van der Waals surface area contributed by atoms with Crippen LogP contribution in [-0.4, -0.2) is 39.9 Å². The molecule has 0 aliphatic rings. The van der Waals surface area contributed by atoms with Crippen molar-refractivity contribution in [3.63, 3.8) is 0 Å². The van der Waals surface area contributed by atoms with Crippen LogP contribution in [0.15, 0.2) is 46.1 Å². The van der Waals surface area contributed by atoms with E-state index in [0.717, 1.165) is 21.3 Å². The molecule has 0 saturated heterocycles. The molecular weight excluding hydrogens is 432 g/mol. The largest absolute Gasteiger partial charge is 0.497 e. The molecule has 4 aromatic rings. The summed E-state index contributed by atoms with van der Waals surface area (Å²) in [5.41, 5.74) is 1.92. The van der Waals surface area contributed by atoms with Crippen molar-refractivity contribution < 1.29 is 9.84 Å². The minimum Gasteiger partial charge on any atom is -0.497 e. The third-order valence-corrected chi connectivity index (χ3v) is 5.80. The van der Waals surface area contributed by atoms with Crippen LogP contribution in [0.25, 0.3) is 26.1 Å². The molecule has 1 aromatic carbocycles. The van der Waals surface area contributed by atoms with Gasteiger partial charge in [-0.05, 0) is 40.2 Å². The zero-order valence-electron chi connectivity index (χ0n) is 14.3. The third-order valence-electron chi connectivity index (χ3n) is 4.13. The highest BCUT2D eigenvalue weighted by Crippen LogP contribution is 2.38. The molecule has 0 atom stereocenters. The van der Waals surface area contributed by atoms with Crippen LogP contribution in [0, 0.1) is 0 Å². The molecule has 0 bridgehead atoms. The molecule has 2 N–H and O–H groups in total. The number of aromatic nitrogens is 3. The van der Waals surface area contributed by atoms with Gasteiger partial charge in [-0.3, -0.25) is 9.36 Å². The SMILES string of the molecule is COc1ccc(-n2cnc3c(sc4ncc(Br)c(NCCO)c43)c2=O)cc1. The molecule has 27 heavy (non-hydrogen) atoms. The average Bonchev–Trinajstić information content (AvgIpc) is 3.08. The summed E-state index contributed by atoms with van der Waals surface area (Å²) in [4.78, 5) is 22.7. The number of thiophene rings is 1. The smallest absolute Gasteiger partial charge is 0.275 e. The molecule has 3 heterocycles. The fourth-order valence-corrected chi connectivity index (χ4v) is 4.33. The normalized spacial score (nSPS) is 11.2. The van der Waals surface area contributed by atoms with Crippen molar-refractivity contribution in [3.05, 3.63) is 51.6 Å². The summed E-state index contributed by atoms with van der Waals surface area (Å²) in [5, 5.41) is 13.1. The van der Waals surface area contributed by atoms with Gasteiger partial charge in [0.05, 0.1) is 35.0 Å². The van der Waals surface area contributed by atoms with Gasteiger partial charge in [-0.25, -0.2) is 9.97 Å². The Hall–Kier alpha value is -2.49. The van der Waals surface area contributed by atoms with Crippen LogP contribution in [0.1, 0.15) is 0 Å². The molecule has 7 nitrogen and oxygen atoms in total. The average molecular weight is 447 g/mol. The maximum atomic E-state index is 13.1. The van der Waals surface area contributed by atoms with E-state index in [1.807, 2.05) is 12.1 Å². The van der Waals surface area contributed by atoms with Gasteiger partial charge in [0.2, 0.25) is 0 Å². The quantitative estimate of drug-likeness (QED) is 0.489. The molecule has 0 aliphatic heterocycles. The number of methoxy groups -OCH3 is 1. The van der Waals surface area contributed by atoms with Crippen molar-refractivity contribution in [2.24, 2.45) is 0 Å². The Morgan fingerprint density at radius 1 is 1.30 bits per heavy atom. The van der Waals surface area contributed by atoms with E-state index in [-0.39, 0.29) is 12.2 Å². The standard InChI is InChI=1S/C18H15BrN4O3S/c1-26-11-4-2-10(3-5-11)23-9-22-15-13-14(20-6-7-24)12(19)8-21-17(13)27-16(15)18(23)25/h2-5,8-9,24H,6-7H2,1H3,(H,20,21). The highest BCUT2D eigenvalue weighted by molar-refractivity contribution is 9.10. The van der Waals surface area contributed by atoms with E-state index in [0.29, 0.717) is 27.3 Å². The zero-order valence-corrected chi connectivity index (χ0v) is 16.7. The number of hydrogen-bond acceptors (Lipinski definition) is 7. The summed E-state index contributed by atoms with van der Waals surface area (Å²) >= 11 is 4.78. The molecule has 0 spiro atoms. The summed E-state index contributed by atoms with van der Waals surface area (Å²) in [7, 11) is 1.60. The fourth-order valence-electron chi connectivity index (χ4n) is 2.85. The number of aliphatic hydroxyl groups is 1. The summed E-state index contributed by atoms with van der Waals surface area (Å²) in [6.45, 7) is 0.383. The lowest BCUT2D eigenvalue weighted by Crippen LogP contribution is -2.17. The van der Waals surface area contributed by atoms with E-state index in [4.69, 9.17) is 9.84 Å². The first-order valence-corrected chi connectivity index (χ1v) is 9.72. The zero-order chi connectivity index (χ0) is 19.0. The first-order chi connectivity index (χ1) is 13.1. The second-order valence-electron chi connectivity index (χ2n) is 5.71. The Balaban J connectivity index is 1.93. The maximum absolute atomic E-state index is 13.1. The van der Waals surface area contributed by atoms with Crippen LogP contribution in [0.5, 0.6) is 5.75 Å². The minimum absolute atomic E-state index is 0.00394. The van der Waals surface area contributed by atoms with Crippen LogP contribution in [0.4, 0.5) is 5.69 Å². The molecule has 4 rings (SSSR count). The van der Waals surface area contributed by atoms with Gasteiger partial charge in [0.15, 0.2) is 0 Å². The predicted molar refractivity (Wildman–Crippen MR) is 110 cm³/mol. The van der Waals surface area contributed by atoms with E-state index in [9.17, 15) is 4.79 Å². The number of benzene rings is 1. The number of nitrogens with zero attached hydrogens (tertiary/aromatic N) is 3. The number of anilines is 1. The Morgan fingerprint density at radius 3 is 2.78 bits per heavy atom. The van der Waals surface area contributed by atoms with Gasteiger partial charge < -0.3 is 15.2 Å². The maximum Gasteiger partial charge on any atom is 0.275 e. The number of nitrogens with one attached hydrogen (secondary N) is 1. The minimum atomic E-state index is -0.155. The molecule has 9 heteroatoms. The molecule has 0 amide bonds. The van der Waals surface area contributed by atoms with Gasteiger partial charge in [-0.1, -0.05) is 0 Å². The van der Waals surface area contributed by atoms with E-state index in [2.05, 4.69) is 31.2 Å². The van der Waals surface area contributed by atoms with Crippen molar-refractivity contribution in [1.82, 2.24) is 14.5 Å². The van der Waals surface area contributed by atoms with E-state index in [1.165, 1.54) is 22.2 Å². The molecule has 3 aromatic heterocycles. The Kier molecular flexibility index (Phi) is 4.81. The Morgan fingerprint density at radius 2 is 2.07 bits per heavy atom. The number of fused-ring (bicyclic) bond motifs is 3. The lowest BCUT2D eigenvalue weighted by atomic mass is 10.2. The summed E-state index contributed by atoms with van der Waals surface area (Å²) in [6.07, 6.45) is 3.20. The topological polar surface area (TPSA) is 89.3 Å². The van der Waals surface area contributed by atoms with E-state index < -0.39 is 0 Å². The number of halogens is 1. The second-order valence-corrected chi connectivity index (χ2v) is 7.56. The van der Waals surface area contributed by atoms with Gasteiger partial charge in [0, 0.05) is 12.7 Å². The van der Waals surface area contributed by atoms with Crippen LogP contribution >= 0.6 is 27.3 Å². The Labute approximate surface area is 166 Å². The molecule has 0 unspecified atom stereocenters. The second kappa shape index (κ2) is 7.26. The molecule has 0 aliphatic carbocycles. The summed E-state index contributed by atoms with van der Waals surface area (Å²) < 4.78 is 7.95. The lowest BCUT2D eigenvalue weighted by molar-refractivity contribution is 0.311. The highest BCUT2D eigenvalue weighted by Gasteiger charge is 2.18. The van der Waals surface area contributed by atoms with Crippen molar-refractivity contribution in [3.8, 4) is 11.4 Å². The first kappa shape index (κ1) is 17.9. The molecule has 0 radical (unpaired) electrons. The summed E-state index contributed by atoms with van der Waals surface area (Å²) in [6, 6.07) is 7.22. The van der Waals surface area contributed by atoms with Crippen LogP contribution in [-0.2, 0) is 0 Å². The van der Waals surface area contributed by atoms with Gasteiger partial charge in [-0.15, -0.1) is 11.3 Å². The van der Waals surface area contributed by atoms with Crippen LogP contribution in [0.2, 0.25) is 0 Å².